The van der Waals surface area contributed by atoms with Crippen LogP contribution in [0.3, 0.4) is 0 Å². The number of ether oxygens (including phenoxy) is 1. The van der Waals surface area contributed by atoms with Crippen molar-refractivity contribution in [2.24, 2.45) is 1.36 Å². The Labute approximate surface area is 206 Å². The van der Waals surface area contributed by atoms with Gasteiger partial charge in [-0.3, -0.25) is 0 Å². The number of rotatable bonds is 2. The summed E-state index contributed by atoms with van der Waals surface area (Å²) in [5.74, 6) is 1.33. The van der Waals surface area contributed by atoms with E-state index in [4.69, 9.17) is 4.74 Å². The molecule has 3 heterocycles. The molecule has 7 rings (SSSR count). The summed E-state index contributed by atoms with van der Waals surface area (Å²) in [6.45, 7) is -0.349. The van der Waals surface area contributed by atoms with E-state index >= 15 is 5.72 Å². The van der Waals surface area contributed by atoms with Gasteiger partial charge in [0, 0.05) is 0 Å². The van der Waals surface area contributed by atoms with Gasteiger partial charge >= 0.3 is 207 Å². The summed E-state index contributed by atoms with van der Waals surface area (Å²) in [6, 6.07) is 23.8. The average Bonchev–Trinajstić information content (AvgIpc) is 3.16. The normalized spacial score (nSPS) is 14.5. The first kappa shape index (κ1) is 20.9. The summed E-state index contributed by atoms with van der Waals surface area (Å²) in [7, 11) is 0. The Hall–Kier alpha value is -2.48. The van der Waals surface area contributed by atoms with Crippen LogP contribution < -0.4 is 21.1 Å². The van der Waals surface area contributed by atoms with E-state index in [9.17, 15) is 5.72 Å². The summed E-state index contributed by atoms with van der Waals surface area (Å²) in [4.78, 5) is 0. The molecule has 0 amide bonds. The van der Waals surface area contributed by atoms with E-state index < -0.39 is 40.6 Å². The Bertz CT molecular complexity index is 1730. The van der Waals surface area contributed by atoms with Crippen LogP contribution in [0.1, 0.15) is 0 Å². The summed E-state index contributed by atoms with van der Waals surface area (Å²) in [5.41, 5.74) is 5.07. The predicted molar refractivity (Wildman–Crippen MR) is 146 cm³/mol. The average molecular weight is 686 g/mol. The van der Waals surface area contributed by atoms with E-state index in [-0.39, 0.29) is 10.3 Å². The van der Waals surface area contributed by atoms with Crippen molar-refractivity contribution < 1.29 is 16.2 Å². The van der Waals surface area contributed by atoms with Crippen LogP contribution in [0.15, 0.2) is 80.2 Å². The van der Waals surface area contributed by atoms with Crippen molar-refractivity contribution in [3.8, 4) is 17.2 Å². The number of halogens is 6. The zero-order valence-electron chi connectivity index (χ0n) is 17.2. The van der Waals surface area contributed by atoms with Crippen molar-refractivity contribution in [3.63, 3.8) is 0 Å². The molecule has 0 saturated heterocycles. The molecule has 170 valence electrons. The Balaban J connectivity index is 1.70. The van der Waals surface area contributed by atoms with Crippen LogP contribution in [-0.4, -0.2) is 11.3 Å². The molecule has 0 atom stereocenters. The van der Waals surface area contributed by atoms with Crippen LogP contribution in [0.5, 0.6) is 11.5 Å². The number of hydrogen-bond acceptors (Lipinski definition) is 2. The van der Waals surface area contributed by atoms with Crippen molar-refractivity contribution in [3.05, 3.63) is 82.4 Å². The van der Waals surface area contributed by atoms with Gasteiger partial charge in [0.15, 0.2) is 0 Å². The van der Waals surface area contributed by atoms with Gasteiger partial charge in [-0.25, -0.2) is 0 Å². The van der Waals surface area contributed by atoms with Gasteiger partial charge in [0.25, 0.3) is 0 Å². The fourth-order valence-corrected chi connectivity index (χ4v) is 11.0. The minimum absolute atomic E-state index is 0.334. The van der Waals surface area contributed by atoms with Gasteiger partial charge in [-0.05, 0) is 0 Å². The van der Waals surface area contributed by atoms with Crippen molar-refractivity contribution in [2.45, 2.75) is 0 Å². The molecule has 0 radical (unpaired) electrons. The van der Waals surface area contributed by atoms with Gasteiger partial charge in [-0.15, -0.1) is 0 Å². The third-order valence-corrected chi connectivity index (χ3v) is 14.3. The molecule has 5 aromatic rings. The molecule has 10 heteroatoms. The second kappa shape index (κ2) is 7.26. The van der Waals surface area contributed by atoms with Crippen molar-refractivity contribution >= 4 is 85.6 Å². The van der Waals surface area contributed by atoms with Crippen LogP contribution in [0.4, 0.5) is 11.4 Å². The van der Waals surface area contributed by atoms with E-state index in [0.29, 0.717) is 22.3 Å². The number of hydrogen-bond donors (Lipinski definition) is 0. The third-order valence-electron chi connectivity index (χ3n) is 6.49. The van der Waals surface area contributed by atoms with Crippen molar-refractivity contribution in [1.82, 2.24) is 4.57 Å². The van der Waals surface area contributed by atoms with E-state index in [1.54, 1.807) is 0 Å². The summed E-state index contributed by atoms with van der Waals surface area (Å²) in [6.07, 6.45) is 0. The van der Waals surface area contributed by atoms with Gasteiger partial charge in [-0.1, -0.05) is 0 Å². The molecule has 4 aromatic carbocycles. The van der Waals surface area contributed by atoms with Crippen LogP contribution in [0.2, 0.25) is 0 Å². The van der Waals surface area contributed by atoms with Gasteiger partial charge in [0.05, 0.1) is 0 Å². The van der Waals surface area contributed by atoms with E-state index in [0.717, 1.165) is 33.0 Å². The molecule has 0 N–H and O–H groups in total. The molecule has 0 aliphatic carbocycles. The molecule has 0 saturated carbocycles. The molecule has 3 nitrogen and oxygen atoms in total. The first-order valence-electron chi connectivity index (χ1n) is 10.3. The van der Waals surface area contributed by atoms with Crippen LogP contribution >= 0.6 is 40.6 Å². The quantitative estimate of drug-likeness (QED) is 0.109. The molecule has 1 aromatic heterocycles. The van der Waals surface area contributed by atoms with E-state index in [1.165, 1.54) is 12.1 Å². The minimum atomic E-state index is -6.19. The Kier molecular flexibility index (Phi) is 4.46. The van der Waals surface area contributed by atoms with E-state index in [2.05, 4.69) is 5.93 Å². The fourth-order valence-electron chi connectivity index (χ4n) is 5.31. The SMILES string of the molecule is FI(F)N=I(F)(F)c1cc2c3c(c1)c1ccccc1n3-c1cccc3c1B2c1ccccc1O3. The standard InChI is InChI=1S/C24H13BF4I2N2O/c26-30(27)32-31(28,29)14-12-16-15-6-1-3-8-19(15)33-20-9-5-11-22-23(20)25(18(13-14)24(16)33)17-7-2-4-10-21(17)34-22/h1-13H. The molecule has 2 aliphatic rings. The fraction of sp³-hybridized carbons (Fsp3) is 0. The Morgan fingerprint density at radius 2 is 1.59 bits per heavy atom. The van der Waals surface area contributed by atoms with Crippen LogP contribution in [0, 0.1) is 3.57 Å². The molecule has 34 heavy (non-hydrogen) atoms. The molecule has 0 spiro atoms. The Morgan fingerprint density at radius 1 is 0.824 bits per heavy atom. The van der Waals surface area contributed by atoms with Crippen molar-refractivity contribution in [1.29, 1.82) is 0 Å². The number of aromatic nitrogens is 1. The van der Waals surface area contributed by atoms with E-state index in [1.807, 2.05) is 66.7 Å². The van der Waals surface area contributed by atoms with Crippen molar-refractivity contribution in [2.75, 3.05) is 0 Å². The molecular formula is C24H13BF4I2N2O. The molecule has 0 unspecified atom stereocenters. The number of nitrogens with zero attached hydrogens (tertiary/aromatic N) is 2. The zero-order valence-corrected chi connectivity index (χ0v) is 21.5. The second-order valence-corrected chi connectivity index (χ2v) is 15.6. The first-order chi connectivity index (χ1) is 16.4. The van der Waals surface area contributed by atoms with Gasteiger partial charge in [0.2, 0.25) is 0 Å². The second-order valence-electron chi connectivity index (χ2n) is 8.16. The predicted octanol–water partition coefficient (Wildman–Crippen LogP) is 7.07. The van der Waals surface area contributed by atoms with Gasteiger partial charge < -0.3 is 0 Å². The third kappa shape index (κ3) is 2.81. The van der Waals surface area contributed by atoms with Gasteiger partial charge in [-0.2, -0.15) is 0 Å². The summed E-state index contributed by atoms with van der Waals surface area (Å²) in [5, 5.41) is 1.44. The number of fused-ring (bicyclic) bond motifs is 7. The summed E-state index contributed by atoms with van der Waals surface area (Å²) >= 11 is -11.1. The Morgan fingerprint density at radius 3 is 2.44 bits per heavy atom. The maximum atomic E-state index is 15.1. The number of benzene rings is 4. The summed E-state index contributed by atoms with van der Waals surface area (Å²) < 4.78 is 67.2. The van der Waals surface area contributed by atoms with Crippen LogP contribution in [-0.2, 0) is 0 Å². The van der Waals surface area contributed by atoms with Crippen LogP contribution in [0.25, 0.3) is 27.5 Å². The maximum absolute atomic E-state index is 15.1. The molecular weight excluding hydrogens is 673 g/mol. The first-order valence-corrected chi connectivity index (χ1v) is 16.6. The number of para-hydroxylation sites is 2. The molecule has 2 aliphatic heterocycles. The monoisotopic (exact) mass is 686 g/mol. The molecule has 0 fully saturated rings. The molecule has 0 bridgehead atoms. The van der Waals surface area contributed by atoms with Gasteiger partial charge in [0.1, 0.15) is 0 Å². The zero-order chi connectivity index (χ0) is 23.2. The topological polar surface area (TPSA) is 26.5 Å².